The maximum absolute atomic E-state index is 13.1. The Morgan fingerprint density at radius 1 is 1.00 bits per heavy atom. The number of likely N-dealkylation sites (N-methyl/N-ethyl adjacent to an activating group) is 1. The fraction of sp³-hybridized carbons (Fsp3) is 0.600. The summed E-state index contributed by atoms with van der Waals surface area (Å²) in [4.78, 5) is 27.6. The van der Waals surface area contributed by atoms with E-state index >= 15 is 0 Å². The van der Waals surface area contributed by atoms with E-state index < -0.39 is 0 Å². The first kappa shape index (κ1) is 23.5. The first-order valence-electron chi connectivity index (χ1n) is 13.4. The van der Waals surface area contributed by atoms with Gasteiger partial charge in [-0.25, -0.2) is 0 Å². The van der Waals surface area contributed by atoms with Crippen LogP contribution in [0, 0.1) is 17.3 Å². The maximum Gasteiger partial charge on any atom is 0.156 e. The van der Waals surface area contributed by atoms with Crippen LogP contribution in [0.25, 0.3) is 0 Å². The van der Waals surface area contributed by atoms with Crippen molar-refractivity contribution in [3.63, 3.8) is 0 Å². The van der Waals surface area contributed by atoms with Crippen molar-refractivity contribution in [2.45, 2.75) is 71.6 Å². The highest BCUT2D eigenvalue weighted by atomic mass is 16.5. The maximum atomic E-state index is 13.1. The summed E-state index contributed by atoms with van der Waals surface area (Å²) in [6.07, 6.45) is 8.14. The number of allylic oxidation sites excluding steroid dienone is 4. The minimum Gasteiger partial charge on any atom is -0.492 e. The van der Waals surface area contributed by atoms with E-state index in [0.717, 1.165) is 63.9 Å². The molecular formula is C30H39NO3. The molecule has 3 unspecified atom stereocenters. The molecule has 0 heterocycles. The summed E-state index contributed by atoms with van der Waals surface area (Å²) >= 11 is 0. The van der Waals surface area contributed by atoms with Gasteiger partial charge in [0.15, 0.2) is 5.78 Å². The highest BCUT2D eigenvalue weighted by molar-refractivity contribution is 5.93. The molecule has 0 spiro atoms. The van der Waals surface area contributed by atoms with Crippen molar-refractivity contribution in [3.8, 4) is 5.75 Å². The van der Waals surface area contributed by atoms with Crippen LogP contribution in [-0.2, 0) is 9.59 Å². The summed E-state index contributed by atoms with van der Waals surface area (Å²) in [5, 5.41) is 0. The van der Waals surface area contributed by atoms with Crippen molar-refractivity contribution in [1.29, 1.82) is 0 Å². The van der Waals surface area contributed by atoms with Crippen LogP contribution < -0.4 is 4.74 Å². The summed E-state index contributed by atoms with van der Waals surface area (Å²) in [6, 6.07) is 8.65. The van der Waals surface area contributed by atoms with Crippen molar-refractivity contribution in [3.05, 3.63) is 52.6 Å². The van der Waals surface area contributed by atoms with Gasteiger partial charge < -0.3 is 9.64 Å². The molecule has 34 heavy (non-hydrogen) atoms. The van der Waals surface area contributed by atoms with E-state index in [9.17, 15) is 9.59 Å². The summed E-state index contributed by atoms with van der Waals surface area (Å²) in [5.41, 5.74) is 5.35. The molecular weight excluding hydrogens is 422 g/mol. The molecule has 0 N–H and O–H groups in total. The van der Waals surface area contributed by atoms with Crippen molar-refractivity contribution in [1.82, 2.24) is 4.90 Å². The third-order valence-corrected chi connectivity index (χ3v) is 9.30. The Morgan fingerprint density at radius 3 is 2.50 bits per heavy atom. The second-order valence-electron chi connectivity index (χ2n) is 10.9. The molecule has 0 bridgehead atoms. The number of rotatable bonds is 7. The molecule has 0 aliphatic heterocycles. The number of Topliss-reactive ketones (excluding diaryl/α,β-unsaturated/α-hetero) is 1. The molecule has 0 amide bonds. The largest absolute Gasteiger partial charge is 0.492 e. The fourth-order valence-corrected chi connectivity index (χ4v) is 7.36. The van der Waals surface area contributed by atoms with Crippen LogP contribution in [0.2, 0.25) is 0 Å². The van der Waals surface area contributed by atoms with Gasteiger partial charge >= 0.3 is 0 Å². The van der Waals surface area contributed by atoms with Crippen LogP contribution in [0.5, 0.6) is 5.75 Å². The molecule has 4 aliphatic carbocycles. The summed E-state index contributed by atoms with van der Waals surface area (Å²) in [6.45, 7) is 10.3. The molecule has 4 nitrogen and oxygen atoms in total. The van der Waals surface area contributed by atoms with E-state index in [2.05, 4.69) is 49.9 Å². The lowest BCUT2D eigenvalue weighted by Crippen LogP contribution is -2.43. The summed E-state index contributed by atoms with van der Waals surface area (Å²) in [5.74, 6) is 2.83. The summed E-state index contributed by atoms with van der Waals surface area (Å²) < 4.78 is 6.04. The van der Waals surface area contributed by atoms with Crippen molar-refractivity contribution in [2.24, 2.45) is 17.3 Å². The Balaban J connectivity index is 1.45. The Hall–Kier alpha value is -2.20. The number of hydrogen-bond donors (Lipinski definition) is 0. The van der Waals surface area contributed by atoms with Crippen LogP contribution >= 0.6 is 0 Å². The Labute approximate surface area is 204 Å². The Bertz CT molecular complexity index is 1020. The molecule has 2 fully saturated rings. The second-order valence-corrected chi connectivity index (χ2v) is 10.9. The van der Waals surface area contributed by atoms with Gasteiger partial charge in [0.25, 0.3) is 0 Å². The van der Waals surface area contributed by atoms with Gasteiger partial charge in [-0.05, 0) is 91.9 Å². The third kappa shape index (κ3) is 4.08. The van der Waals surface area contributed by atoms with Gasteiger partial charge in [0, 0.05) is 30.7 Å². The van der Waals surface area contributed by atoms with Crippen molar-refractivity contribution < 1.29 is 14.3 Å². The molecule has 4 aliphatic rings. The zero-order chi connectivity index (χ0) is 23.9. The van der Waals surface area contributed by atoms with Crippen LogP contribution in [0.3, 0.4) is 0 Å². The quantitative estimate of drug-likeness (QED) is 0.509. The molecule has 0 aromatic heterocycles. The first-order valence-corrected chi connectivity index (χ1v) is 13.4. The molecule has 1 aromatic carbocycles. The van der Waals surface area contributed by atoms with E-state index in [1.54, 1.807) is 5.57 Å². The minimum atomic E-state index is -0.218. The number of carbonyl (C=O) groups excluding carboxylic acids is 2. The smallest absolute Gasteiger partial charge is 0.156 e. The average molecular weight is 462 g/mol. The lowest BCUT2D eigenvalue weighted by Gasteiger charge is -2.50. The monoisotopic (exact) mass is 461 g/mol. The van der Waals surface area contributed by atoms with E-state index in [4.69, 9.17) is 4.74 Å². The van der Waals surface area contributed by atoms with E-state index in [0.29, 0.717) is 30.6 Å². The molecule has 4 heteroatoms. The first-order chi connectivity index (χ1) is 16.4. The molecule has 1 aromatic rings. The molecule has 182 valence electrons. The van der Waals surface area contributed by atoms with Crippen molar-refractivity contribution in [2.75, 3.05) is 26.2 Å². The Kier molecular flexibility index (Phi) is 6.54. The highest BCUT2D eigenvalue weighted by Crippen LogP contribution is 2.62. The molecule has 0 radical (unpaired) electrons. The minimum absolute atomic E-state index is 0.218. The van der Waals surface area contributed by atoms with Gasteiger partial charge in [-0.1, -0.05) is 38.5 Å². The van der Waals surface area contributed by atoms with Gasteiger partial charge in [0.2, 0.25) is 0 Å². The predicted octanol–water partition coefficient (Wildman–Crippen LogP) is 5.88. The topological polar surface area (TPSA) is 46.6 Å². The number of benzene rings is 1. The number of hydrogen-bond acceptors (Lipinski definition) is 4. The van der Waals surface area contributed by atoms with Gasteiger partial charge in [0.1, 0.15) is 18.1 Å². The molecule has 2 saturated carbocycles. The highest BCUT2D eigenvalue weighted by Gasteiger charge is 2.56. The van der Waals surface area contributed by atoms with E-state index in [1.807, 2.05) is 6.08 Å². The van der Waals surface area contributed by atoms with Crippen molar-refractivity contribution >= 4 is 11.6 Å². The normalized spacial score (nSPS) is 30.7. The number of nitrogens with zero attached hydrogens (tertiary/aromatic N) is 1. The van der Waals surface area contributed by atoms with Crippen LogP contribution in [0.4, 0.5) is 0 Å². The SMILES string of the molecule is CCN(CC)CCOc1ccc(C2C[C@]3(C)C(=O)CCC3C3CCC4=CC(=O)CCC4=C23)cc1. The molecule has 5 rings (SSSR count). The number of fused-ring (bicyclic) bond motifs is 4. The zero-order valence-electron chi connectivity index (χ0n) is 21.1. The van der Waals surface area contributed by atoms with E-state index in [1.165, 1.54) is 16.7 Å². The lowest BCUT2D eigenvalue weighted by atomic mass is 9.53. The Morgan fingerprint density at radius 2 is 1.76 bits per heavy atom. The standard InChI is InChI=1S/C30H39NO3/c1-4-31(5-2)16-17-34-23-10-6-20(7-11-23)26-19-30(3)27(14-15-28(30)33)25-12-8-21-18-22(32)9-13-24(21)29(25)26/h6-7,10-11,18,25-27H,4-5,8-9,12-17,19H2,1-3H3/t25?,26?,27?,30-/m0/s1. The number of ether oxygens (including phenoxy) is 1. The second kappa shape index (κ2) is 9.45. The van der Waals surface area contributed by atoms with Crippen LogP contribution in [0.1, 0.15) is 77.2 Å². The molecule has 4 atom stereocenters. The lowest BCUT2D eigenvalue weighted by molar-refractivity contribution is -0.128. The predicted molar refractivity (Wildman–Crippen MR) is 135 cm³/mol. The van der Waals surface area contributed by atoms with Gasteiger partial charge in [-0.2, -0.15) is 0 Å². The number of ketones is 2. The van der Waals surface area contributed by atoms with Gasteiger partial charge in [-0.15, -0.1) is 0 Å². The van der Waals surface area contributed by atoms with Gasteiger partial charge in [-0.3, -0.25) is 9.59 Å². The van der Waals surface area contributed by atoms with Crippen LogP contribution in [-0.4, -0.2) is 42.7 Å². The molecule has 0 saturated heterocycles. The summed E-state index contributed by atoms with van der Waals surface area (Å²) in [7, 11) is 0. The van der Waals surface area contributed by atoms with E-state index in [-0.39, 0.29) is 17.1 Å². The third-order valence-electron chi connectivity index (χ3n) is 9.30. The average Bonchev–Trinajstić information content (AvgIpc) is 3.15. The van der Waals surface area contributed by atoms with Gasteiger partial charge in [0.05, 0.1) is 0 Å². The number of carbonyl (C=O) groups is 2. The zero-order valence-corrected chi connectivity index (χ0v) is 21.1. The fourth-order valence-electron chi connectivity index (χ4n) is 7.36. The van der Waals surface area contributed by atoms with Crippen LogP contribution in [0.15, 0.2) is 47.1 Å².